The van der Waals surface area contributed by atoms with E-state index in [1.807, 2.05) is 0 Å². The average molecular weight is 371 g/mol. The van der Waals surface area contributed by atoms with Crippen LogP contribution in [0.2, 0.25) is 0 Å². The number of hydrogen-bond acceptors (Lipinski definition) is 3. The highest BCUT2D eigenvalue weighted by atomic mass is 16.3. The number of benzene rings is 1. The van der Waals surface area contributed by atoms with Crippen LogP contribution in [0.25, 0.3) is 0 Å². The predicted molar refractivity (Wildman–Crippen MR) is 112 cm³/mol. The molecule has 1 aromatic carbocycles. The lowest BCUT2D eigenvalue weighted by Gasteiger charge is -2.41. The quantitative estimate of drug-likeness (QED) is 0.794. The highest BCUT2D eigenvalue weighted by molar-refractivity contribution is 5.16. The molecule has 0 aromatic heterocycles. The number of aliphatic hydroxyl groups is 1. The smallest absolute Gasteiger partial charge is 0.0564 e. The van der Waals surface area contributed by atoms with E-state index >= 15 is 0 Å². The molecule has 3 nitrogen and oxygen atoms in total. The summed E-state index contributed by atoms with van der Waals surface area (Å²) in [6, 6.07) is 12.2. The molecule has 4 rings (SSSR count). The van der Waals surface area contributed by atoms with Crippen molar-refractivity contribution in [1.82, 2.24) is 10.2 Å². The van der Waals surface area contributed by atoms with Crippen LogP contribution in [0, 0.1) is 11.8 Å². The second kappa shape index (κ2) is 9.54. The maximum absolute atomic E-state index is 9.83. The van der Waals surface area contributed by atoms with Gasteiger partial charge in [0.15, 0.2) is 0 Å². The van der Waals surface area contributed by atoms with Gasteiger partial charge in [0.1, 0.15) is 0 Å². The average Bonchev–Trinajstić information content (AvgIpc) is 2.70. The monoisotopic (exact) mass is 370 g/mol. The minimum absolute atomic E-state index is 0.0802. The normalized spacial score (nSPS) is 31.4. The number of nitrogens with one attached hydrogen (secondary N) is 1. The number of likely N-dealkylation sites (tertiary alicyclic amines) is 1. The third-order valence-electron chi connectivity index (χ3n) is 7.37. The molecule has 1 aliphatic heterocycles. The topological polar surface area (TPSA) is 35.5 Å². The van der Waals surface area contributed by atoms with E-state index in [0.29, 0.717) is 12.1 Å². The molecule has 0 amide bonds. The van der Waals surface area contributed by atoms with Gasteiger partial charge in [0.2, 0.25) is 0 Å². The van der Waals surface area contributed by atoms with E-state index in [1.54, 1.807) is 0 Å². The molecule has 0 spiro atoms. The van der Waals surface area contributed by atoms with E-state index in [1.165, 1.54) is 50.5 Å². The summed E-state index contributed by atoms with van der Waals surface area (Å²) in [5.74, 6) is 2.00. The van der Waals surface area contributed by atoms with Crippen LogP contribution in [0.5, 0.6) is 0 Å². The maximum atomic E-state index is 9.83. The molecule has 3 heteroatoms. The molecule has 0 radical (unpaired) electrons. The highest BCUT2D eigenvalue weighted by Gasteiger charge is 2.33. The zero-order valence-electron chi connectivity index (χ0n) is 16.9. The van der Waals surface area contributed by atoms with Crippen molar-refractivity contribution in [3.63, 3.8) is 0 Å². The van der Waals surface area contributed by atoms with Crippen LogP contribution in [0.15, 0.2) is 30.3 Å². The first-order valence-corrected chi connectivity index (χ1v) is 11.5. The second-order valence-corrected chi connectivity index (χ2v) is 9.40. The van der Waals surface area contributed by atoms with E-state index in [-0.39, 0.29) is 6.10 Å². The summed E-state index contributed by atoms with van der Waals surface area (Å²) in [6.45, 7) is 3.21. The molecule has 27 heavy (non-hydrogen) atoms. The predicted octanol–water partition coefficient (Wildman–Crippen LogP) is 4.00. The molecule has 150 valence electrons. The van der Waals surface area contributed by atoms with Crippen LogP contribution in [0.1, 0.15) is 63.4 Å². The minimum atomic E-state index is -0.0802. The Bertz CT molecular complexity index is 555. The van der Waals surface area contributed by atoms with Gasteiger partial charge in [-0.15, -0.1) is 0 Å². The Hall–Kier alpha value is -0.900. The van der Waals surface area contributed by atoms with Gasteiger partial charge in [0, 0.05) is 31.7 Å². The van der Waals surface area contributed by atoms with Gasteiger partial charge in [0.25, 0.3) is 0 Å². The van der Waals surface area contributed by atoms with Crippen LogP contribution in [-0.2, 0) is 6.42 Å². The Balaban J connectivity index is 1.36. The first-order valence-electron chi connectivity index (χ1n) is 11.5. The van der Waals surface area contributed by atoms with Crippen LogP contribution >= 0.6 is 0 Å². The lowest BCUT2D eigenvalue weighted by Crippen LogP contribution is -2.50. The molecule has 2 N–H and O–H groups in total. The number of piperidine rings is 1. The van der Waals surface area contributed by atoms with E-state index in [2.05, 4.69) is 40.5 Å². The highest BCUT2D eigenvalue weighted by Crippen LogP contribution is 2.40. The third kappa shape index (κ3) is 5.56. The lowest BCUT2D eigenvalue weighted by molar-refractivity contribution is 0.0741. The van der Waals surface area contributed by atoms with Crippen LogP contribution in [-0.4, -0.2) is 47.8 Å². The van der Waals surface area contributed by atoms with Crippen molar-refractivity contribution < 1.29 is 5.11 Å². The minimum Gasteiger partial charge on any atom is -0.393 e. The molecule has 0 bridgehead atoms. The number of aliphatic hydroxyl groups excluding tert-OH is 1. The van der Waals surface area contributed by atoms with Crippen LogP contribution in [0.3, 0.4) is 0 Å². The first-order chi connectivity index (χ1) is 13.3. The van der Waals surface area contributed by atoms with Crippen molar-refractivity contribution in [2.75, 3.05) is 19.6 Å². The van der Waals surface area contributed by atoms with Gasteiger partial charge in [-0.3, -0.25) is 0 Å². The van der Waals surface area contributed by atoms with E-state index < -0.39 is 0 Å². The molecule has 3 fully saturated rings. The van der Waals surface area contributed by atoms with Gasteiger partial charge < -0.3 is 15.3 Å². The number of nitrogens with zero attached hydrogens (tertiary/aromatic N) is 1. The summed E-state index contributed by atoms with van der Waals surface area (Å²) in [5, 5.41) is 13.9. The molecule has 2 saturated carbocycles. The van der Waals surface area contributed by atoms with Gasteiger partial charge in [-0.2, -0.15) is 0 Å². The molecule has 3 aliphatic rings. The van der Waals surface area contributed by atoms with Gasteiger partial charge in [-0.25, -0.2) is 0 Å². The number of hydrogen-bond donors (Lipinski definition) is 2. The second-order valence-electron chi connectivity index (χ2n) is 9.40. The summed E-state index contributed by atoms with van der Waals surface area (Å²) >= 11 is 0. The van der Waals surface area contributed by atoms with Crippen molar-refractivity contribution in [3.8, 4) is 0 Å². The zero-order chi connectivity index (χ0) is 18.5. The van der Waals surface area contributed by atoms with E-state index in [0.717, 1.165) is 50.7 Å². The third-order valence-corrected chi connectivity index (χ3v) is 7.37. The fourth-order valence-corrected chi connectivity index (χ4v) is 5.85. The SMILES string of the molecule is OC1CCN(CC(Cc2ccccc2)NC2CCC3CCCCC3C2)CC1. The summed E-state index contributed by atoms with van der Waals surface area (Å²) in [4.78, 5) is 2.57. The molecule has 4 unspecified atom stereocenters. The number of fused-ring (bicyclic) bond motifs is 1. The molecule has 1 heterocycles. The summed E-state index contributed by atoms with van der Waals surface area (Å²) in [7, 11) is 0. The molecule has 1 aromatic rings. The van der Waals surface area contributed by atoms with Crippen LogP contribution < -0.4 is 5.32 Å². The fraction of sp³-hybridized carbons (Fsp3) is 0.750. The van der Waals surface area contributed by atoms with Crippen molar-refractivity contribution in [2.24, 2.45) is 11.8 Å². The zero-order valence-corrected chi connectivity index (χ0v) is 16.9. The Morgan fingerprint density at radius 3 is 2.44 bits per heavy atom. The number of rotatable bonds is 6. The molecule has 2 aliphatic carbocycles. The fourth-order valence-electron chi connectivity index (χ4n) is 5.85. The van der Waals surface area contributed by atoms with Gasteiger partial charge in [-0.05, 0) is 55.9 Å². The molecule has 4 atom stereocenters. The van der Waals surface area contributed by atoms with Gasteiger partial charge >= 0.3 is 0 Å². The molecular weight excluding hydrogens is 332 g/mol. The van der Waals surface area contributed by atoms with Crippen molar-refractivity contribution in [2.45, 2.75) is 82.4 Å². The van der Waals surface area contributed by atoms with Crippen molar-refractivity contribution in [3.05, 3.63) is 35.9 Å². The molecule has 1 saturated heterocycles. The van der Waals surface area contributed by atoms with Crippen LogP contribution in [0.4, 0.5) is 0 Å². The molecular formula is C24H38N2O. The largest absolute Gasteiger partial charge is 0.393 e. The summed E-state index contributed by atoms with van der Waals surface area (Å²) < 4.78 is 0. The van der Waals surface area contributed by atoms with E-state index in [4.69, 9.17) is 0 Å². The Morgan fingerprint density at radius 2 is 1.67 bits per heavy atom. The standard InChI is InChI=1S/C24H38N2O/c27-24-12-14-26(15-13-24)18-23(16-19-6-2-1-3-7-19)25-22-11-10-20-8-4-5-9-21(20)17-22/h1-3,6-7,20-25,27H,4-5,8-18H2. The summed E-state index contributed by atoms with van der Waals surface area (Å²) in [6.07, 6.45) is 13.0. The maximum Gasteiger partial charge on any atom is 0.0564 e. The first kappa shape index (κ1) is 19.4. The Morgan fingerprint density at radius 1 is 0.926 bits per heavy atom. The summed E-state index contributed by atoms with van der Waals surface area (Å²) in [5.41, 5.74) is 1.44. The van der Waals surface area contributed by atoms with Crippen molar-refractivity contribution >= 4 is 0 Å². The van der Waals surface area contributed by atoms with Gasteiger partial charge in [-0.1, -0.05) is 56.0 Å². The lowest BCUT2D eigenvalue weighted by atomic mass is 9.69. The van der Waals surface area contributed by atoms with Crippen molar-refractivity contribution in [1.29, 1.82) is 0 Å². The van der Waals surface area contributed by atoms with E-state index in [9.17, 15) is 5.11 Å². The Kier molecular flexibility index (Phi) is 6.86. The Labute approximate surface area is 165 Å². The van der Waals surface area contributed by atoms with Gasteiger partial charge in [0.05, 0.1) is 6.10 Å².